The number of hydrogen-bond donors (Lipinski definition) is 2. The van der Waals surface area contributed by atoms with E-state index in [2.05, 4.69) is 27.2 Å². The average Bonchev–Trinajstić information content (AvgIpc) is 3.41. The molecule has 0 saturated carbocycles. The van der Waals surface area contributed by atoms with Gasteiger partial charge in [-0.2, -0.15) is 0 Å². The Balaban J connectivity index is 1.65. The molecule has 1 saturated heterocycles. The molecule has 0 spiro atoms. The van der Waals surface area contributed by atoms with Crippen LogP contribution in [0, 0.1) is 11.6 Å². The zero-order chi connectivity index (χ0) is 27.9. The number of hydroxylamine groups is 1. The van der Waals surface area contributed by atoms with E-state index >= 15 is 0 Å². The second kappa shape index (κ2) is 12.5. The van der Waals surface area contributed by atoms with Crippen molar-refractivity contribution in [2.24, 2.45) is 0 Å². The summed E-state index contributed by atoms with van der Waals surface area (Å²) in [7, 11) is 5.02. The maximum Gasteiger partial charge on any atom is 0.247 e. The van der Waals surface area contributed by atoms with Gasteiger partial charge in [0, 0.05) is 50.9 Å². The van der Waals surface area contributed by atoms with Crippen LogP contribution < -0.4 is 25.3 Å². The van der Waals surface area contributed by atoms with Crippen LogP contribution in [0.3, 0.4) is 0 Å². The first-order valence-electron chi connectivity index (χ1n) is 12.2. The van der Waals surface area contributed by atoms with Crippen molar-refractivity contribution in [3.05, 3.63) is 72.6 Å². The fraction of sp³-hybridized carbons (Fsp3) is 0.296. The van der Waals surface area contributed by atoms with Crippen molar-refractivity contribution in [3.8, 4) is 5.75 Å². The number of methoxy groups -OCH3 is 2. The lowest BCUT2D eigenvalue weighted by molar-refractivity contribution is -0.111. The van der Waals surface area contributed by atoms with E-state index in [9.17, 15) is 13.6 Å². The summed E-state index contributed by atoms with van der Waals surface area (Å²) in [6.07, 6.45) is 3.02. The van der Waals surface area contributed by atoms with Crippen molar-refractivity contribution < 1.29 is 27.9 Å². The van der Waals surface area contributed by atoms with Crippen LogP contribution in [0.15, 0.2) is 55.4 Å². The first-order chi connectivity index (χ1) is 18.8. The van der Waals surface area contributed by atoms with Crippen molar-refractivity contribution in [1.82, 2.24) is 9.97 Å². The highest BCUT2D eigenvalue weighted by molar-refractivity contribution is 6.02. The number of carbonyl (C=O) groups is 1. The Bertz CT molecular complexity index is 1340. The van der Waals surface area contributed by atoms with Crippen molar-refractivity contribution in [2.75, 3.05) is 61.6 Å². The number of hydrogen-bond acceptors (Lipinski definition) is 9. The molecule has 1 aliphatic heterocycles. The van der Waals surface area contributed by atoms with Crippen molar-refractivity contribution in [1.29, 1.82) is 0 Å². The third kappa shape index (κ3) is 6.41. The summed E-state index contributed by atoms with van der Waals surface area (Å²) in [5, 5.41) is 7.52. The van der Waals surface area contributed by atoms with E-state index in [1.807, 2.05) is 11.9 Å². The summed E-state index contributed by atoms with van der Waals surface area (Å²) in [4.78, 5) is 28.4. The molecule has 12 heteroatoms. The summed E-state index contributed by atoms with van der Waals surface area (Å²) >= 11 is 0. The van der Waals surface area contributed by atoms with E-state index in [0.717, 1.165) is 6.07 Å². The van der Waals surface area contributed by atoms with Crippen molar-refractivity contribution in [3.63, 3.8) is 0 Å². The number of ether oxygens (including phenoxy) is 2. The van der Waals surface area contributed by atoms with Crippen molar-refractivity contribution >= 4 is 34.6 Å². The fourth-order valence-electron chi connectivity index (χ4n) is 4.21. The minimum atomic E-state index is -0.655. The molecule has 206 valence electrons. The van der Waals surface area contributed by atoms with Gasteiger partial charge in [0.1, 0.15) is 29.5 Å². The molecule has 1 fully saturated rings. The molecule has 1 amide bonds. The molecule has 2 heterocycles. The standard InChI is InChI=1S/C27H30F2N6O4/c1-5-27(36)33-20-13-21(24(38-4)14-23(20)34(2)9-11-37-3)32-25-15-26(31-16-30-25)35-22(8-10-39-35)18-7-6-17(28)12-19(18)29/h5-7,12-16,22H,1,8-11H2,2-4H3,(H,33,36)(H,30,31,32). The maximum atomic E-state index is 14.5. The van der Waals surface area contributed by atoms with Gasteiger partial charge in [-0.25, -0.2) is 23.8 Å². The predicted octanol–water partition coefficient (Wildman–Crippen LogP) is 4.60. The van der Waals surface area contributed by atoms with E-state index in [4.69, 9.17) is 14.3 Å². The predicted molar refractivity (Wildman–Crippen MR) is 144 cm³/mol. The topological polar surface area (TPSA) is 101 Å². The zero-order valence-corrected chi connectivity index (χ0v) is 21.9. The number of halogens is 2. The molecule has 4 rings (SSSR count). The van der Waals surface area contributed by atoms with E-state index in [1.54, 1.807) is 25.3 Å². The molecular weight excluding hydrogens is 510 g/mol. The summed E-state index contributed by atoms with van der Waals surface area (Å²) in [6.45, 7) is 4.93. The van der Waals surface area contributed by atoms with Gasteiger partial charge in [-0.05, 0) is 18.2 Å². The van der Waals surface area contributed by atoms with E-state index in [1.165, 1.54) is 36.7 Å². The molecule has 1 aromatic heterocycles. The Hall–Kier alpha value is -4.29. The van der Waals surface area contributed by atoms with Gasteiger partial charge in [-0.1, -0.05) is 12.6 Å². The highest BCUT2D eigenvalue weighted by Gasteiger charge is 2.31. The molecule has 0 radical (unpaired) electrons. The Morgan fingerprint density at radius 1 is 1.23 bits per heavy atom. The Labute approximate surface area is 225 Å². The highest BCUT2D eigenvalue weighted by Crippen LogP contribution is 2.39. The Morgan fingerprint density at radius 3 is 2.77 bits per heavy atom. The van der Waals surface area contributed by atoms with Crippen LogP contribution in [0.5, 0.6) is 5.75 Å². The monoisotopic (exact) mass is 540 g/mol. The number of likely N-dealkylation sites (N-methyl/N-ethyl adjacent to an activating group) is 1. The second-order valence-corrected chi connectivity index (χ2v) is 8.69. The lowest BCUT2D eigenvalue weighted by Gasteiger charge is -2.25. The number of rotatable bonds is 11. The Kier molecular flexibility index (Phi) is 8.89. The van der Waals surface area contributed by atoms with Crippen molar-refractivity contribution in [2.45, 2.75) is 12.5 Å². The molecule has 10 nitrogen and oxygen atoms in total. The molecule has 1 atom stereocenters. The van der Waals surface area contributed by atoms with Gasteiger partial charge in [-0.3, -0.25) is 9.63 Å². The van der Waals surface area contributed by atoms with Gasteiger partial charge in [0.25, 0.3) is 0 Å². The lowest BCUT2D eigenvalue weighted by Crippen LogP contribution is -2.24. The number of carbonyl (C=O) groups excluding carboxylic acids is 1. The van der Waals surface area contributed by atoms with Crippen LogP contribution in [0.1, 0.15) is 18.0 Å². The molecule has 2 N–H and O–H groups in total. The summed E-state index contributed by atoms with van der Waals surface area (Å²) in [6, 6.07) is 8.13. The van der Waals surface area contributed by atoms with Crippen LogP contribution in [0.2, 0.25) is 0 Å². The molecule has 2 aromatic carbocycles. The minimum Gasteiger partial charge on any atom is -0.494 e. The zero-order valence-electron chi connectivity index (χ0n) is 21.9. The Morgan fingerprint density at radius 2 is 2.05 bits per heavy atom. The van der Waals surface area contributed by atoms with Crippen LogP contribution in [0.25, 0.3) is 0 Å². The lowest BCUT2D eigenvalue weighted by atomic mass is 10.0. The van der Waals surface area contributed by atoms with Crippen LogP contribution in [0.4, 0.5) is 37.5 Å². The molecule has 1 aliphatic rings. The molecular formula is C27H30F2N6O4. The molecule has 39 heavy (non-hydrogen) atoms. The smallest absolute Gasteiger partial charge is 0.247 e. The van der Waals surface area contributed by atoms with E-state index in [-0.39, 0.29) is 5.91 Å². The SMILES string of the molecule is C=CC(=O)Nc1cc(Nc2cc(N3OCCC3c3ccc(F)cc3F)ncn2)c(OC)cc1N(C)CCOC. The van der Waals surface area contributed by atoms with Crippen LogP contribution >= 0.6 is 0 Å². The van der Waals surface area contributed by atoms with E-state index < -0.39 is 17.7 Å². The fourth-order valence-corrected chi connectivity index (χ4v) is 4.21. The van der Waals surface area contributed by atoms with Gasteiger partial charge >= 0.3 is 0 Å². The summed E-state index contributed by atoms with van der Waals surface area (Å²) in [5.41, 5.74) is 2.06. The normalized spacial score (nSPS) is 14.7. The third-order valence-electron chi connectivity index (χ3n) is 6.17. The first-order valence-corrected chi connectivity index (χ1v) is 12.2. The van der Waals surface area contributed by atoms with Crippen LogP contribution in [-0.4, -0.2) is 56.9 Å². The molecule has 0 bridgehead atoms. The van der Waals surface area contributed by atoms with Crippen LogP contribution in [-0.2, 0) is 14.4 Å². The molecule has 3 aromatic rings. The minimum absolute atomic E-state index is 0.305. The molecule has 0 aliphatic carbocycles. The van der Waals surface area contributed by atoms with Gasteiger partial charge in [-0.15, -0.1) is 0 Å². The number of anilines is 5. The molecule has 1 unspecified atom stereocenters. The average molecular weight is 541 g/mol. The quantitative estimate of drug-likeness (QED) is 0.338. The van der Waals surface area contributed by atoms with Gasteiger partial charge in [0.15, 0.2) is 5.82 Å². The number of benzene rings is 2. The second-order valence-electron chi connectivity index (χ2n) is 8.69. The van der Waals surface area contributed by atoms with Gasteiger partial charge < -0.3 is 25.0 Å². The summed E-state index contributed by atoms with van der Waals surface area (Å²) in [5.74, 6) is -0.403. The maximum absolute atomic E-state index is 14.5. The first kappa shape index (κ1) is 27.7. The summed E-state index contributed by atoms with van der Waals surface area (Å²) < 4.78 is 38.8. The number of aromatic nitrogens is 2. The number of nitrogens with zero attached hydrogens (tertiary/aromatic N) is 4. The highest BCUT2D eigenvalue weighted by atomic mass is 19.1. The number of nitrogens with one attached hydrogen (secondary N) is 2. The van der Waals surface area contributed by atoms with E-state index in [0.29, 0.717) is 66.2 Å². The largest absolute Gasteiger partial charge is 0.494 e. The third-order valence-corrected chi connectivity index (χ3v) is 6.17. The van der Waals surface area contributed by atoms with Gasteiger partial charge in [0.2, 0.25) is 5.91 Å². The van der Waals surface area contributed by atoms with Gasteiger partial charge in [0.05, 0.1) is 43.4 Å². The number of amides is 1.